The molecule has 2 N–H and O–H groups in total. The van der Waals surface area contributed by atoms with Gasteiger partial charge in [0.15, 0.2) is 14.1 Å². The van der Waals surface area contributed by atoms with Crippen LogP contribution in [0.15, 0.2) is 4.99 Å². The van der Waals surface area contributed by atoms with Crippen LogP contribution < -0.4 is 5.73 Å². The summed E-state index contributed by atoms with van der Waals surface area (Å²) >= 11 is 0. The second-order valence-corrected chi connectivity index (χ2v) is 21.0. The van der Waals surface area contributed by atoms with Crippen molar-refractivity contribution in [2.75, 3.05) is 12.3 Å². The van der Waals surface area contributed by atoms with Gasteiger partial charge in [0.05, 0.1) is 24.3 Å². The predicted molar refractivity (Wildman–Crippen MR) is 142 cm³/mol. The average molecular weight is 505 g/mol. The van der Waals surface area contributed by atoms with Gasteiger partial charge in [-0.1, -0.05) is 47.5 Å². The number of fused-ring (bicyclic) bond motifs is 1. The molecule has 3 heterocycles. The first-order chi connectivity index (χ1) is 15.8. The molecule has 0 aliphatic carbocycles. The normalized spacial score (nSPS) is 24.7. The van der Waals surface area contributed by atoms with Crippen LogP contribution in [0.5, 0.6) is 0 Å². The molecule has 34 heavy (non-hydrogen) atoms. The van der Waals surface area contributed by atoms with Gasteiger partial charge in [-0.3, -0.25) is 4.99 Å². The monoisotopic (exact) mass is 504 g/mol. The van der Waals surface area contributed by atoms with E-state index in [0.29, 0.717) is 18.0 Å². The zero-order valence-electron chi connectivity index (χ0n) is 22.1. The Hall–Kier alpha value is -1.61. The number of hydrogen-bond donors (Lipinski definition) is 1. The first kappa shape index (κ1) is 27.0. The lowest BCUT2D eigenvalue weighted by molar-refractivity contribution is -0.0332. The third-order valence-corrected chi connectivity index (χ3v) is 17.5. The maximum absolute atomic E-state index is 13.9. The standard InChI is InChI=1S/C25H41FN4O2Si2/c1-9-34(10-2,11-3)15-14-25(17-31-33(7,8)24(4,5)6)13-12-19(32-25)18-16-28-21-20(18)29-23(26)30-22(21)27/h16,18-19H,9-13,17H2,1-8H3,(H2,27,29,30)/t18?,19-,25-/m1/s1. The Kier molecular flexibility index (Phi) is 7.78. The van der Waals surface area contributed by atoms with Crippen LogP contribution in [-0.2, 0) is 9.16 Å². The number of nitrogen functional groups attached to an aromatic ring is 1. The quantitative estimate of drug-likeness (QED) is 0.280. The second-order valence-electron chi connectivity index (χ2n) is 11.2. The van der Waals surface area contributed by atoms with Crippen LogP contribution in [0.2, 0.25) is 36.3 Å². The maximum Gasteiger partial charge on any atom is 0.310 e. The van der Waals surface area contributed by atoms with Crippen molar-refractivity contribution in [3.8, 4) is 11.5 Å². The van der Waals surface area contributed by atoms with Crippen molar-refractivity contribution in [3.63, 3.8) is 0 Å². The van der Waals surface area contributed by atoms with Gasteiger partial charge in [-0.15, -0.1) is 5.54 Å². The minimum atomic E-state index is -1.99. The summed E-state index contributed by atoms with van der Waals surface area (Å²) in [5.74, 6) is 3.42. The van der Waals surface area contributed by atoms with Crippen molar-refractivity contribution in [3.05, 3.63) is 11.8 Å². The Morgan fingerprint density at radius 3 is 2.44 bits per heavy atom. The van der Waals surface area contributed by atoms with Crippen LogP contribution in [0.1, 0.15) is 66.0 Å². The average Bonchev–Trinajstić information content (AvgIpc) is 3.38. The SMILES string of the molecule is CC[Si](C#C[C@@]1(CO[Si](C)(C)C(C)(C)C)CC[C@H](C2C=Nc3c(N)nc(F)nc32)O1)(CC)CC. The van der Waals surface area contributed by atoms with E-state index in [1.165, 1.54) is 0 Å². The highest BCUT2D eigenvalue weighted by molar-refractivity contribution is 6.87. The van der Waals surface area contributed by atoms with Crippen molar-refractivity contribution in [1.82, 2.24) is 9.97 Å². The minimum absolute atomic E-state index is 0.0659. The van der Waals surface area contributed by atoms with E-state index in [1.54, 1.807) is 6.21 Å². The Balaban J connectivity index is 1.92. The van der Waals surface area contributed by atoms with Gasteiger partial charge in [-0.2, -0.15) is 9.37 Å². The molecule has 0 spiro atoms. The molecule has 0 aromatic carbocycles. The van der Waals surface area contributed by atoms with E-state index in [4.69, 9.17) is 14.9 Å². The van der Waals surface area contributed by atoms with Gasteiger partial charge in [0.2, 0.25) is 0 Å². The summed E-state index contributed by atoms with van der Waals surface area (Å²) in [6.07, 6.45) is 2.26. The van der Waals surface area contributed by atoms with Gasteiger partial charge >= 0.3 is 6.08 Å². The highest BCUT2D eigenvalue weighted by Gasteiger charge is 2.47. The lowest BCUT2D eigenvalue weighted by Crippen LogP contribution is -2.46. The number of aromatic nitrogens is 2. The van der Waals surface area contributed by atoms with Gasteiger partial charge in [0.25, 0.3) is 0 Å². The molecule has 0 radical (unpaired) electrons. The third kappa shape index (κ3) is 5.30. The molecule has 0 saturated carbocycles. The lowest BCUT2D eigenvalue weighted by atomic mass is 9.96. The van der Waals surface area contributed by atoms with Gasteiger partial charge in [0.1, 0.15) is 19.4 Å². The Morgan fingerprint density at radius 2 is 1.85 bits per heavy atom. The number of hydrogen-bond acceptors (Lipinski definition) is 6. The van der Waals surface area contributed by atoms with Crippen LogP contribution >= 0.6 is 0 Å². The Bertz CT molecular complexity index is 987. The van der Waals surface area contributed by atoms with Crippen molar-refractivity contribution in [1.29, 1.82) is 0 Å². The molecule has 2 aliphatic rings. The van der Waals surface area contributed by atoms with Crippen LogP contribution in [0.3, 0.4) is 0 Å². The molecular weight excluding hydrogens is 463 g/mol. The number of nitrogens with two attached hydrogens (primary N) is 1. The summed E-state index contributed by atoms with van der Waals surface area (Å²) in [5, 5.41) is 0.0947. The number of rotatable bonds is 7. The smallest absolute Gasteiger partial charge is 0.310 e. The fourth-order valence-electron chi connectivity index (χ4n) is 4.37. The van der Waals surface area contributed by atoms with E-state index >= 15 is 0 Å². The maximum atomic E-state index is 13.9. The molecule has 1 fully saturated rings. The zero-order valence-corrected chi connectivity index (χ0v) is 24.1. The molecular formula is C25H41FN4O2Si2. The zero-order chi connectivity index (χ0) is 25.4. The van der Waals surface area contributed by atoms with Gasteiger partial charge in [-0.25, -0.2) is 4.98 Å². The van der Waals surface area contributed by atoms with Crippen molar-refractivity contribution in [2.45, 2.75) is 108 Å². The summed E-state index contributed by atoms with van der Waals surface area (Å²) in [6.45, 7) is 18.5. The summed E-state index contributed by atoms with van der Waals surface area (Å²) in [4.78, 5) is 12.0. The largest absolute Gasteiger partial charge is 0.413 e. The topological polar surface area (TPSA) is 82.6 Å². The van der Waals surface area contributed by atoms with Crippen LogP contribution in [0, 0.1) is 17.5 Å². The molecule has 6 nitrogen and oxygen atoms in total. The fraction of sp³-hybridized carbons (Fsp3) is 0.720. The van der Waals surface area contributed by atoms with E-state index in [0.717, 1.165) is 31.0 Å². The molecule has 1 aromatic heterocycles. The molecule has 9 heteroatoms. The number of nitrogens with zero attached hydrogens (tertiary/aromatic N) is 3. The first-order valence-electron chi connectivity index (χ1n) is 12.5. The number of ether oxygens (including phenoxy) is 1. The molecule has 2 aliphatic heterocycles. The van der Waals surface area contributed by atoms with Crippen LogP contribution in [-0.4, -0.2) is 50.9 Å². The lowest BCUT2D eigenvalue weighted by Gasteiger charge is -2.38. The third-order valence-electron chi connectivity index (χ3n) is 8.26. The second kappa shape index (κ2) is 9.80. The summed E-state index contributed by atoms with van der Waals surface area (Å²) in [6, 6.07) is 3.40. The molecule has 1 saturated heterocycles. The molecule has 3 rings (SSSR count). The van der Waals surface area contributed by atoms with Crippen molar-refractivity contribution < 1.29 is 13.6 Å². The van der Waals surface area contributed by atoms with E-state index in [1.807, 2.05) is 0 Å². The number of halogens is 1. The van der Waals surface area contributed by atoms with E-state index in [-0.39, 0.29) is 22.9 Å². The molecule has 1 aromatic rings. The molecule has 0 amide bonds. The Morgan fingerprint density at radius 1 is 1.21 bits per heavy atom. The van der Waals surface area contributed by atoms with Gasteiger partial charge in [0, 0.05) is 6.21 Å². The van der Waals surface area contributed by atoms with E-state index in [2.05, 4.69) is 81.1 Å². The number of anilines is 1. The predicted octanol–water partition coefficient (Wildman–Crippen LogP) is 5.99. The van der Waals surface area contributed by atoms with Gasteiger partial charge in [-0.05, 0) is 49.1 Å². The molecule has 1 unspecified atom stereocenters. The molecule has 0 bridgehead atoms. The van der Waals surface area contributed by atoms with Gasteiger partial charge < -0.3 is 14.9 Å². The fourth-order valence-corrected chi connectivity index (χ4v) is 7.92. The van der Waals surface area contributed by atoms with E-state index < -0.39 is 28.1 Å². The van der Waals surface area contributed by atoms with Crippen LogP contribution in [0.4, 0.5) is 15.9 Å². The van der Waals surface area contributed by atoms with Crippen molar-refractivity contribution in [2.24, 2.45) is 4.99 Å². The minimum Gasteiger partial charge on any atom is -0.413 e. The van der Waals surface area contributed by atoms with Crippen LogP contribution in [0.25, 0.3) is 0 Å². The molecule has 3 atom stereocenters. The highest BCUT2D eigenvalue weighted by atomic mass is 28.4. The summed E-state index contributed by atoms with van der Waals surface area (Å²) in [7, 11) is -3.66. The van der Waals surface area contributed by atoms with Crippen molar-refractivity contribution >= 4 is 34.1 Å². The number of aliphatic imine (C=N–C) groups is 1. The highest BCUT2D eigenvalue weighted by Crippen LogP contribution is 2.44. The first-order valence-corrected chi connectivity index (χ1v) is 18.1. The molecule has 188 valence electrons. The Labute approximate surface area is 206 Å². The van der Waals surface area contributed by atoms with E-state index in [9.17, 15) is 4.39 Å². The summed E-state index contributed by atoms with van der Waals surface area (Å²) in [5.41, 5.74) is 9.91. The summed E-state index contributed by atoms with van der Waals surface area (Å²) < 4.78 is 27.3.